The molecule has 0 aliphatic carbocycles. The molecule has 18 heavy (non-hydrogen) atoms. The smallest absolute Gasteiger partial charge is 0.129 e. The summed E-state index contributed by atoms with van der Waals surface area (Å²) in [6.45, 7) is 1.48. The first-order valence-electron chi connectivity index (χ1n) is 5.90. The minimum Gasteiger partial charge on any atom is -0.382 e. The molecule has 1 aromatic rings. The lowest BCUT2D eigenvalue weighted by atomic mass is 10.0. The molecule has 0 radical (unpaired) electrons. The van der Waals surface area contributed by atoms with Crippen molar-refractivity contribution in [2.45, 2.75) is 18.9 Å². The second-order valence-electron chi connectivity index (χ2n) is 4.06. The lowest BCUT2D eigenvalue weighted by Gasteiger charge is -2.13. The SMILES string of the molecule is COCCOCCC(N)Cc1c(F)cccc1F. The number of methoxy groups -OCH3 is 1. The highest BCUT2D eigenvalue weighted by atomic mass is 19.1. The minimum atomic E-state index is -0.550. The van der Waals surface area contributed by atoms with Gasteiger partial charge in [0.25, 0.3) is 0 Å². The summed E-state index contributed by atoms with van der Waals surface area (Å²) in [5.74, 6) is -1.10. The van der Waals surface area contributed by atoms with E-state index in [-0.39, 0.29) is 18.0 Å². The lowest BCUT2D eigenvalue weighted by Crippen LogP contribution is -2.26. The van der Waals surface area contributed by atoms with Crippen LogP contribution in [0.15, 0.2) is 18.2 Å². The normalized spacial score (nSPS) is 12.7. The molecule has 1 rings (SSSR count). The van der Waals surface area contributed by atoms with Gasteiger partial charge >= 0.3 is 0 Å². The number of halogens is 2. The van der Waals surface area contributed by atoms with Gasteiger partial charge in [0.2, 0.25) is 0 Å². The van der Waals surface area contributed by atoms with E-state index in [0.29, 0.717) is 26.2 Å². The number of hydrogen-bond acceptors (Lipinski definition) is 3. The monoisotopic (exact) mass is 259 g/mol. The van der Waals surface area contributed by atoms with Gasteiger partial charge in [0.1, 0.15) is 11.6 Å². The third-order valence-corrected chi connectivity index (χ3v) is 2.59. The van der Waals surface area contributed by atoms with Gasteiger partial charge in [-0.1, -0.05) is 6.07 Å². The summed E-state index contributed by atoms with van der Waals surface area (Å²) in [5, 5.41) is 0. The minimum absolute atomic E-state index is 0.0434. The van der Waals surface area contributed by atoms with Crippen LogP contribution >= 0.6 is 0 Å². The van der Waals surface area contributed by atoms with Crippen LogP contribution in [0.25, 0.3) is 0 Å². The fraction of sp³-hybridized carbons (Fsp3) is 0.538. The van der Waals surface area contributed by atoms with Gasteiger partial charge in [-0.3, -0.25) is 0 Å². The molecule has 0 saturated heterocycles. The topological polar surface area (TPSA) is 44.5 Å². The standard InChI is InChI=1S/C13H19F2NO2/c1-17-7-8-18-6-5-10(16)9-11-12(14)3-2-4-13(11)15/h2-4,10H,5-9,16H2,1H3. The molecule has 0 aliphatic heterocycles. The molecule has 0 fully saturated rings. The molecule has 3 nitrogen and oxygen atoms in total. The van der Waals surface area contributed by atoms with Crippen molar-refractivity contribution in [3.8, 4) is 0 Å². The van der Waals surface area contributed by atoms with E-state index in [1.165, 1.54) is 18.2 Å². The van der Waals surface area contributed by atoms with Crippen molar-refractivity contribution in [2.75, 3.05) is 26.9 Å². The number of benzene rings is 1. The molecule has 102 valence electrons. The Hall–Kier alpha value is -1.04. The summed E-state index contributed by atoms with van der Waals surface area (Å²) in [7, 11) is 1.59. The summed E-state index contributed by atoms with van der Waals surface area (Å²) < 4.78 is 36.8. The van der Waals surface area contributed by atoms with Gasteiger partial charge in [-0.25, -0.2) is 8.78 Å². The number of hydrogen-bond donors (Lipinski definition) is 1. The first kappa shape index (κ1) is 15.0. The molecular formula is C13H19F2NO2. The Labute approximate surface area is 106 Å². The third kappa shape index (κ3) is 5.08. The van der Waals surface area contributed by atoms with E-state index in [4.69, 9.17) is 15.2 Å². The predicted octanol–water partition coefficient (Wildman–Crippen LogP) is 1.89. The van der Waals surface area contributed by atoms with Crippen LogP contribution < -0.4 is 5.73 Å². The van der Waals surface area contributed by atoms with Gasteiger partial charge in [-0.15, -0.1) is 0 Å². The summed E-state index contributed by atoms with van der Waals surface area (Å²) in [5.41, 5.74) is 5.86. The van der Waals surface area contributed by atoms with Crippen LogP contribution in [-0.4, -0.2) is 33.0 Å². The van der Waals surface area contributed by atoms with Crippen LogP contribution in [0.1, 0.15) is 12.0 Å². The van der Waals surface area contributed by atoms with E-state index in [2.05, 4.69) is 0 Å². The Morgan fingerprint density at radius 2 is 1.83 bits per heavy atom. The van der Waals surface area contributed by atoms with Gasteiger partial charge in [-0.05, 0) is 25.0 Å². The molecule has 2 N–H and O–H groups in total. The Morgan fingerprint density at radius 3 is 2.44 bits per heavy atom. The largest absolute Gasteiger partial charge is 0.382 e. The fourth-order valence-corrected chi connectivity index (χ4v) is 1.57. The molecule has 1 atom stereocenters. The van der Waals surface area contributed by atoms with Gasteiger partial charge in [0.15, 0.2) is 0 Å². The molecule has 0 saturated carbocycles. The van der Waals surface area contributed by atoms with Crippen LogP contribution in [0, 0.1) is 11.6 Å². The molecule has 0 amide bonds. The zero-order valence-electron chi connectivity index (χ0n) is 10.5. The highest BCUT2D eigenvalue weighted by Gasteiger charge is 2.12. The second-order valence-corrected chi connectivity index (χ2v) is 4.06. The molecule has 1 unspecified atom stereocenters. The van der Waals surface area contributed by atoms with Crippen molar-refractivity contribution in [3.63, 3.8) is 0 Å². The maximum absolute atomic E-state index is 13.4. The summed E-state index contributed by atoms with van der Waals surface area (Å²) in [6.07, 6.45) is 0.726. The molecule has 0 heterocycles. The summed E-state index contributed by atoms with van der Waals surface area (Å²) >= 11 is 0. The average Bonchev–Trinajstić information content (AvgIpc) is 2.34. The first-order valence-corrected chi connectivity index (χ1v) is 5.90. The zero-order chi connectivity index (χ0) is 13.4. The maximum Gasteiger partial charge on any atom is 0.129 e. The van der Waals surface area contributed by atoms with Gasteiger partial charge in [-0.2, -0.15) is 0 Å². The lowest BCUT2D eigenvalue weighted by molar-refractivity contribution is 0.0672. The molecule has 1 aromatic carbocycles. The van der Waals surface area contributed by atoms with E-state index < -0.39 is 11.6 Å². The molecule has 0 spiro atoms. The van der Waals surface area contributed by atoms with Gasteiger partial charge < -0.3 is 15.2 Å². The fourth-order valence-electron chi connectivity index (χ4n) is 1.57. The van der Waals surface area contributed by atoms with Crippen molar-refractivity contribution in [2.24, 2.45) is 5.73 Å². The van der Waals surface area contributed by atoms with Gasteiger partial charge in [0, 0.05) is 25.3 Å². The van der Waals surface area contributed by atoms with Crippen LogP contribution in [-0.2, 0) is 15.9 Å². The summed E-state index contributed by atoms with van der Waals surface area (Å²) in [6, 6.07) is 3.49. The molecule has 0 bridgehead atoms. The molecule has 0 aromatic heterocycles. The Morgan fingerprint density at radius 1 is 1.17 bits per heavy atom. The van der Waals surface area contributed by atoms with Crippen molar-refractivity contribution in [3.05, 3.63) is 35.4 Å². The third-order valence-electron chi connectivity index (χ3n) is 2.59. The van der Waals surface area contributed by atoms with Gasteiger partial charge in [0.05, 0.1) is 13.2 Å². The van der Waals surface area contributed by atoms with E-state index >= 15 is 0 Å². The van der Waals surface area contributed by atoms with Crippen LogP contribution in [0.3, 0.4) is 0 Å². The van der Waals surface area contributed by atoms with E-state index in [9.17, 15) is 8.78 Å². The highest BCUT2D eigenvalue weighted by Crippen LogP contribution is 2.14. The Bertz CT molecular complexity index is 341. The van der Waals surface area contributed by atoms with Crippen molar-refractivity contribution < 1.29 is 18.3 Å². The zero-order valence-corrected chi connectivity index (χ0v) is 10.5. The van der Waals surface area contributed by atoms with Crippen molar-refractivity contribution in [1.29, 1.82) is 0 Å². The van der Waals surface area contributed by atoms with Crippen molar-refractivity contribution >= 4 is 0 Å². The van der Waals surface area contributed by atoms with Crippen LogP contribution in [0.5, 0.6) is 0 Å². The number of ether oxygens (including phenoxy) is 2. The molecule has 5 heteroatoms. The van der Waals surface area contributed by atoms with Crippen LogP contribution in [0.4, 0.5) is 8.78 Å². The van der Waals surface area contributed by atoms with E-state index in [1.54, 1.807) is 7.11 Å². The molecular weight excluding hydrogens is 240 g/mol. The Balaban J connectivity index is 2.33. The first-order chi connectivity index (χ1) is 8.65. The van der Waals surface area contributed by atoms with Crippen LogP contribution in [0.2, 0.25) is 0 Å². The van der Waals surface area contributed by atoms with Crippen molar-refractivity contribution in [1.82, 2.24) is 0 Å². The average molecular weight is 259 g/mol. The maximum atomic E-state index is 13.4. The quantitative estimate of drug-likeness (QED) is 0.725. The Kier molecular flexibility index (Phi) is 6.78. The van der Waals surface area contributed by atoms with E-state index in [0.717, 1.165) is 0 Å². The molecule has 0 aliphatic rings. The number of rotatable bonds is 8. The number of nitrogens with two attached hydrogens (primary N) is 1. The summed E-state index contributed by atoms with van der Waals surface area (Å²) in [4.78, 5) is 0. The highest BCUT2D eigenvalue weighted by molar-refractivity contribution is 5.20. The van der Waals surface area contributed by atoms with E-state index in [1.807, 2.05) is 0 Å². The predicted molar refractivity (Wildman–Crippen MR) is 65.3 cm³/mol. The second kappa shape index (κ2) is 8.13.